The second kappa shape index (κ2) is 11.4. The monoisotopic (exact) mass is 521 g/mol. The minimum absolute atomic E-state index is 0.0716. The Morgan fingerprint density at radius 1 is 1.11 bits per heavy atom. The molecule has 0 atom stereocenters. The molecule has 0 unspecified atom stereocenters. The molecule has 1 aliphatic carbocycles. The Bertz CT molecular complexity index is 1210. The number of methoxy groups -OCH3 is 1. The van der Waals surface area contributed by atoms with Crippen molar-refractivity contribution in [2.75, 3.05) is 19.5 Å². The number of carbonyl (C=O) groups excluding carboxylic acids is 2. The van der Waals surface area contributed by atoms with Crippen LogP contribution in [0.1, 0.15) is 51.5 Å². The summed E-state index contributed by atoms with van der Waals surface area (Å²) < 4.78 is 4.82. The highest BCUT2D eigenvalue weighted by atomic mass is 32.1. The lowest BCUT2D eigenvalue weighted by Crippen LogP contribution is -2.39. The molecule has 3 aromatic rings. The topological polar surface area (TPSA) is 110 Å². The van der Waals surface area contributed by atoms with Crippen LogP contribution >= 0.6 is 11.3 Å². The molecule has 0 aliphatic heterocycles. The molecule has 1 aliphatic rings. The Hall–Kier alpha value is -3.30. The summed E-state index contributed by atoms with van der Waals surface area (Å²) in [4.78, 5) is 26.3. The van der Waals surface area contributed by atoms with E-state index in [0.29, 0.717) is 12.2 Å². The van der Waals surface area contributed by atoms with Gasteiger partial charge in [0.1, 0.15) is 5.69 Å². The second-order valence-corrected chi connectivity index (χ2v) is 11.1. The van der Waals surface area contributed by atoms with E-state index in [9.17, 15) is 9.59 Å². The van der Waals surface area contributed by atoms with Gasteiger partial charge in [-0.3, -0.25) is 4.79 Å². The van der Waals surface area contributed by atoms with Crippen LogP contribution in [0.4, 0.5) is 10.6 Å². The Morgan fingerprint density at radius 2 is 1.81 bits per heavy atom. The van der Waals surface area contributed by atoms with Gasteiger partial charge in [-0.2, -0.15) is 11.3 Å². The average Bonchev–Trinajstić information content (AvgIpc) is 3.43. The van der Waals surface area contributed by atoms with Crippen LogP contribution in [0.5, 0.6) is 0 Å². The number of hydrogen-bond acceptors (Lipinski definition) is 7. The zero-order valence-corrected chi connectivity index (χ0v) is 22.7. The lowest BCUT2D eigenvalue weighted by atomic mass is 9.83. The van der Waals surface area contributed by atoms with E-state index in [0.717, 1.165) is 53.6 Å². The summed E-state index contributed by atoms with van der Waals surface area (Å²) in [5, 5.41) is 15.9. The molecule has 2 heterocycles. The third-order valence-corrected chi connectivity index (χ3v) is 7.78. The van der Waals surface area contributed by atoms with Gasteiger partial charge in [0, 0.05) is 36.2 Å². The van der Waals surface area contributed by atoms with Gasteiger partial charge in [-0.15, -0.1) is 10.2 Å². The number of amides is 2. The Morgan fingerprint density at radius 3 is 2.41 bits per heavy atom. The smallest absolute Gasteiger partial charge is 0.409 e. The summed E-state index contributed by atoms with van der Waals surface area (Å²) in [6.45, 7) is 3.95. The summed E-state index contributed by atoms with van der Waals surface area (Å²) in [5.41, 5.74) is 10.5. The molecule has 3 N–H and O–H groups in total. The van der Waals surface area contributed by atoms with E-state index in [2.05, 4.69) is 20.9 Å². The number of benzene rings is 1. The summed E-state index contributed by atoms with van der Waals surface area (Å²) in [6.07, 6.45) is 3.60. The van der Waals surface area contributed by atoms with Gasteiger partial charge in [0.2, 0.25) is 5.91 Å². The van der Waals surface area contributed by atoms with Crippen molar-refractivity contribution in [2.24, 2.45) is 11.7 Å². The number of ether oxygens (including phenoxy) is 1. The summed E-state index contributed by atoms with van der Waals surface area (Å²) >= 11 is 1.61. The number of nitrogens with zero attached hydrogens (tertiary/aromatic N) is 3. The Labute approximate surface area is 222 Å². The number of rotatable bonds is 7. The fourth-order valence-electron chi connectivity index (χ4n) is 4.85. The van der Waals surface area contributed by atoms with Crippen LogP contribution in [0.3, 0.4) is 0 Å². The summed E-state index contributed by atoms with van der Waals surface area (Å²) in [7, 11) is 3.16. The molecule has 2 aromatic heterocycles. The molecule has 8 nitrogen and oxygen atoms in total. The fourth-order valence-corrected chi connectivity index (χ4v) is 5.50. The maximum atomic E-state index is 12.9. The van der Waals surface area contributed by atoms with Crippen molar-refractivity contribution in [3.8, 4) is 22.4 Å². The predicted molar refractivity (Wildman–Crippen MR) is 147 cm³/mol. The van der Waals surface area contributed by atoms with Gasteiger partial charge in [0.05, 0.1) is 7.11 Å². The molecule has 37 heavy (non-hydrogen) atoms. The van der Waals surface area contributed by atoms with E-state index in [1.54, 1.807) is 23.3 Å². The molecule has 1 aromatic carbocycles. The van der Waals surface area contributed by atoms with Gasteiger partial charge in [-0.05, 0) is 79.5 Å². The van der Waals surface area contributed by atoms with Gasteiger partial charge >= 0.3 is 6.09 Å². The molecule has 196 valence electrons. The quantitative estimate of drug-likeness (QED) is 0.416. The number of aromatic nitrogens is 2. The van der Waals surface area contributed by atoms with Crippen molar-refractivity contribution >= 4 is 29.2 Å². The van der Waals surface area contributed by atoms with E-state index in [1.807, 2.05) is 55.6 Å². The highest BCUT2D eigenvalue weighted by molar-refractivity contribution is 7.08. The first-order valence-corrected chi connectivity index (χ1v) is 13.5. The number of nitrogens with two attached hydrogens (primary N) is 1. The summed E-state index contributed by atoms with van der Waals surface area (Å²) in [5.74, 6) is 0.641. The standard InChI is InChI=1S/C28H35N5O3S/c1-28(2,29)21-9-7-19(8-10-21)26-23(20-13-14-37-17-20)16-24(31-32-26)30-25(34)15-18-5-11-22(12-6-18)33(3)27(35)36-4/h7-10,13-14,16-18,22H,5-6,11-12,15,29H2,1-4H3,(H,30,31,34). The van der Waals surface area contributed by atoms with Crippen LogP contribution in [0.25, 0.3) is 22.4 Å². The number of hydrogen-bond donors (Lipinski definition) is 2. The molecule has 2 amide bonds. The Kier molecular flexibility index (Phi) is 8.24. The predicted octanol–water partition coefficient (Wildman–Crippen LogP) is 5.65. The molecule has 0 saturated heterocycles. The first kappa shape index (κ1) is 26.8. The van der Waals surface area contributed by atoms with Gasteiger partial charge in [0.15, 0.2) is 5.82 Å². The molecular weight excluding hydrogens is 486 g/mol. The fraction of sp³-hybridized carbons (Fsp3) is 0.429. The molecule has 0 spiro atoms. The van der Waals surface area contributed by atoms with Crippen LogP contribution in [-0.4, -0.2) is 47.3 Å². The van der Waals surface area contributed by atoms with Gasteiger partial charge in [0.25, 0.3) is 0 Å². The van der Waals surface area contributed by atoms with Crippen LogP contribution in [0, 0.1) is 5.92 Å². The summed E-state index contributed by atoms with van der Waals surface area (Å²) in [6, 6.07) is 12.1. The van der Waals surface area contributed by atoms with Crippen LogP contribution in [-0.2, 0) is 15.1 Å². The highest BCUT2D eigenvalue weighted by Gasteiger charge is 2.28. The van der Waals surface area contributed by atoms with Crippen molar-refractivity contribution < 1.29 is 14.3 Å². The van der Waals surface area contributed by atoms with Crippen LogP contribution in [0.2, 0.25) is 0 Å². The van der Waals surface area contributed by atoms with Crippen molar-refractivity contribution in [1.29, 1.82) is 0 Å². The molecule has 9 heteroatoms. The molecule has 1 saturated carbocycles. The number of thiophene rings is 1. The van der Waals surface area contributed by atoms with Crippen LogP contribution in [0.15, 0.2) is 47.2 Å². The largest absolute Gasteiger partial charge is 0.453 e. The SMILES string of the molecule is COC(=O)N(C)C1CCC(CC(=O)Nc2cc(-c3ccsc3)c(-c3ccc(C(C)(C)N)cc3)nn2)CC1. The lowest BCUT2D eigenvalue weighted by molar-refractivity contribution is -0.117. The third-order valence-electron chi connectivity index (χ3n) is 7.10. The third kappa shape index (κ3) is 6.53. The molecule has 0 radical (unpaired) electrons. The average molecular weight is 522 g/mol. The van der Waals surface area contributed by atoms with E-state index in [4.69, 9.17) is 10.5 Å². The minimum Gasteiger partial charge on any atom is -0.453 e. The van der Waals surface area contributed by atoms with E-state index in [-0.39, 0.29) is 24.0 Å². The van der Waals surface area contributed by atoms with Crippen molar-refractivity contribution in [3.63, 3.8) is 0 Å². The number of carbonyl (C=O) groups is 2. The molecule has 4 rings (SSSR count). The maximum absolute atomic E-state index is 12.9. The first-order chi connectivity index (χ1) is 17.7. The zero-order valence-electron chi connectivity index (χ0n) is 21.9. The van der Waals surface area contributed by atoms with E-state index < -0.39 is 5.54 Å². The first-order valence-electron chi connectivity index (χ1n) is 12.6. The normalized spacial score (nSPS) is 17.8. The Balaban J connectivity index is 1.45. The van der Waals surface area contributed by atoms with E-state index >= 15 is 0 Å². The van der Waals surface area contributed by atoms with Gasteiger partial charge in [-0.1, -0.05) is 24.3 Å². The van der Waals surface area contributed by atoms with Crippen molar-refractivity contribution in [2.45, 2.75) is 57.5 Å². The van der Waals surface area contributed by atoms with Gasteiger partial charge < -0.3 is 20.7 Å². The second-order valence-electron chi connectivity index (χ2n) is 10.3. The van der Waals surface area contributed by atoms with Crippen molar-refractivity contribution in [1.82, 2.24) is 15.1 Å². The molecule has 0 bridgehead atoms. The highest BCUT2D eigenvalue weighted by Crippen LogP contribution is 2.34. The molecule has 1 fully saturated rings. The molecular formula is C28H35N5O3S. The van der Waals surface area contributed by atoms with Crippen molar-refractivity contribution in [3.05, 3.63) is 52.7 Å². The lowest BCUT2D eigenvalue weighted by Gasteiger charge is -2.33. The maximum Gasteiger partial charge on any atom is 0.409 e. The van der Waals surface area contributed by atoms with Crippen LogP contribution < -0.4 is 11.1 Å². The number of anilines is 1. The number of nitrogens with one attached hydrogen (secondary N) is 1. The van der Waals surface area contributed by atoms with E-state index in [1.165, 1.54) is 7.11 Å². The zero-order chi connectivity index (χ0) is 26.6. The minimum atomic E-state index is -0.426. The van der Waals surface area contributed by atoms with Gasteiger partial charge in [-0.25, -0.2) is 4.79 Å².